The second-order valence-corrected chi connectivity index (χ2v) is 9.71. The number of fused-ring (bicyclic) bond motifs is 1. The Bertz CT molecular complexity index is 1190. The van der Waals surface area contributed by atoms with Gasteiger partial charge in [0.2, 0.25) is 0 Å². The minimum Gasteiger partial charge on any atom is -0.493 e. The third-order valence-electron chi connectivity index (χ3n) is 6.54. The first-order chi connectivity index (χ1) is 18.0. The highest BCUT2D eigenvalue weighted by Crippen LogP contribution is 2.31. The highest BCUT2D eigenvalue weighted by molar-refractivity contribution is 6.07. The van der Waals surface area contributed by atoms with Gasteiger partial charge in [0.1, 0.15) is 11.9 Å². The lowest BCUT2D eigenvalue weighted by molar-refractivity contribution is 0.0909. The SMILES string of the molecule is CC(C)NCCCCOc1ccccc1C(=O)NC1CCCc2ccccc2N1C(=O)c1ccccc1.Cl. The molecule has 0 saturated heterocycles. The van der Waals surface area contributed by atoms with Crippen molar-refractivity contribution in [1.82, 2.24) is 10.6 Å². The minimum atomic E-state index is -0.473. The van der Waals surface area contributed by atoms with Gasteiger partial charge in [-0.15, -0.1) is 12.4 Å². The van der Waals surface area contributed by atoms with E-state index >= 15 is 0 Å². The van der Waals surface area contributed by atoms with Gasteiger partial charge in [-0.2, -0.15) is 0 Å². The van der Waals surface area contributed by atoms with E-state index in [0.29, 0.717) is 35.9 Å². The van der Waals surface area contributed by atoms with Gasteiger partial charge in [0.05, 0.1) is 12.2 Å². The van der Waals surface area contributed by atoms with Gasteiger partial charge in [0.25, 0.3) is 11.8 Å². The first-order valence-corrected chi connectivity index (χ1v) is 13.3. The Morgan fingerprint density at radius 2 is 1.66 bits per heavy atom. The van der Waals surface area contributed by atoms with Crippen LogP contribution in [0.5, 0.6) is 5.75 Å². The lowest BCUT2D eigenvalue weighted by Crippen LogP contribution is -2.51. The van der Waals surface area contributed by atoms with Crippen molar-refractivity contribution in [2.24, 2.45) is 0 Å². The Morgan fingerprint density at radius 3 is 2.45 bits per heavy atom. The second-order valence-electron chi connectivity index (χ2n) is 9.71. The van der Waals surface area contributed by atoms with E-state index in [9.17, 15) is 9.59 Å². The Kier molecular flexibility index (Phi) is 11.2. The Balaban J connectivity index is 0.00000400. The van der Waals surface area contributed by atoms with Crippen molar-refractivity contribution in [1.29, 1.82) is 0 Å². The van der Waals surface area contributed by atoms with Crippen molar-refractivity contribution in [3.05, 3.63) is 95.6 Å². The average Bonchev–Trinajstić information content (AvgIpc) is 3.09. The predicted molar refractivity (Wildman–Crippen MR) is 155 cm³/mol. The maximum atomic E-state index is 13.7. The highest BCUT2D eigenvalue weighted by atomic mass is 35.5. The van der Waals surface area contributed by atoms with E-state index in [4.69, 9.17) is 4.74 Å². The molecule has 1 aliphatic rings. The van der Waals surface area contributed by atoms with Crippen LogP contribution < -0.4 is 20.3 Å². The van der Waals surface area contributed by atoms with E-state index < -0.39 is 6.17 Å². The van der Waals surface area contributed by atoms with Crippen molar-refractivity contribution < 1.29 is 14.3 Å². The number of anilines is 1. The first-order valence-electron chi connectivity index (χ1n) is 13.3. The number of amides is 2. The molecular formula is C31H38ClN3O3. The molecule has 1 aliphatic heterocycles. The third-order valence-corrected chi connectivity index (χ3v) is 6.54. The van der Waals surface area contributed by atoms with E-state index in [-0.39, 0.29) is 24.2 Å². The Labute approximate surface area is 232 Å². The fraction of sp³-hybridized carbons (Fsp3) is 0.355. The molecule has 1 atom stereocenters. The number of hydrogen-bond donors (Lipinski definition) is 2. The number of halogens is 1. The smallest absolute Gasteiger partial charge is 0.259 e. The summed E-state index contributed by atoms with van der Waals surface area (Å²) in [5, 5.41) is 6.56. The lowest BCUT2D eigenvalue weighted by Gasteiger charge is -2.32. The molecule has 0 radical (unpaired) electrons. The van der Waals surface area contributed by atoms with Crippen LogP contribution in [0.1, 0.15) is 65.8 Å². The normalized spacial score (nSPS) is 14.7. The van der Waals surface area contributed by atoms with E-state index in [2.05, 4.69) is 30.5 Å². The zero-order valence-corrected chi connectivity index (χ0v) is 23.0. The number of nitrogens with zero attached hydrogens (tertiary/aromatic N) is 1. The van der Waals surface area contributed by atoms with Gasteiger partial charge in [-0.05, 0) is 74.5 Å². The Morgan fingerprint density at radius 1 is 0.947 bits per heavy atom. The summed E-state index contributed by atoms with van der Waals surface area (Å²) in [5.41, 5.74) is 3.03. The van der Waals surface area contributed by atoms with Crippen LogP contribution >= 0.6 is 12.4 Å². The van der Waals surface area contributed by atoms with Crippen molar-refractivity contribution in [3.8, 4) is 5.75 Å². The fourth-order valence-electron chi connectivity index (χ4n) is 4.66. The van der Waals surface area contributed by atoms with Crippen molar-refractivity contribution >= 4 is 29.9 Å². The molecule has 0 saturated carbocycles. The molecule has 2 amide bonds. The molecule has 38 heavy (non-hydrogen) atoms. The van der Waals surface area contributed by atoms with Gasteiger partial charge in [-0.1, -0.05) is 62.4 Å². The number of nitrogens with one attached hydrogen (secondary N) is 2. The predicted octanol–water partition coefficient (Wildman–Crippen LogP) is 6.00. The summed E-state index contributed by atoms with van der Waals surface area (Å²) in [6.45, 7) is 5.75. The lowest BCUT2D eigenvalue weighted by atomic mass is 10.1. The highest BCUT2D eigenvalue weighted by Gasteiger charge is 2.31. The van der Waals surface area contributed by atoms with E-state index in [1.54, 1.807) is 11.0 Å². The summed E-state index contributed by atoms with van der Waals surface area (Å²) >= 11 is 0. The quantitative estimate of drug-likeness (QED) is 0.312. The topological polar surface area (TPSA) is 70.7 Å². The molecule has 1 unspecified atom stereocenters. The molecule has 0 aromatic heterocycles. The molecule has 3 aromatic carbocycles. The molecule has 6 nitrogen and oxygen atoms in total. The van der Waals surface area contributed by atoms with Gasteiger partial charge in [0, 0.05) is 17.3 Å². The zero-order chi connectivity index (χ0) is 26.0. The molecule has 7 heteroatoms. The summed E-state index contributed by atoms with van der Waals surface area (Å²) in [6, 6.07) is 25.0. The minimum absolute atomic E-state index is 0. The monoisotopic (exact) mass is 535 g/mol. The summed E-state index contributed by atoms with van der Waals surface area (Å²) < 4.78 is 6.01. The van der Waals surface area contributed by atoms with Crippen LogP contribution in [0, 0.1) is 0 Å². The maximum absolute atomic E-state index is 13.7. The standard InChI is InChI=1S/C31H37N3O3.ClH/c1-23(2)32-21-10-11-22-37-28-19-9-7-17-26(28)30(35)33-29-20-12-16-24-13-6-8-18-27(24)34(29)31(36)25-14-4-3-5-15-25;/h3-9,13-15,17-19,23,29,32H,10-12,16,20-22H2,1-2H3,(H,33,35);1H. The number of benzene rings is 3. The summed E-state index contributed by atoms with van der Waals surface area (Å²) in [7, 11) is 0. The number of para-hydroxylation sites is 2. The zero-order valence-electron chi connectivity index (χ0n) is 22.2. The number of carbonyl (C=O) groups is 2. The van der Waals surface area contributed by atoms with Crippen LogP contribution in [-0.4, -0.2) is 37.2 Å². The molecule has 1 heterocycles. The fourth-order valence-corrected chi connectivity index (χ4v) is 4.66. The van der Waals surface area contributed by atoms with Crippen LogP contribution in [0.3, 0.4) is 0 Å². The van der Waals surface area contributed by atoms with Crippen LogP contribution in [0.15, 0.2) is 78.9 Å². The molecular weight excluding hydrogens is 498 g/mol. The van der Waals surface area contributed by atoms with Crippen molar-refractivity contribution in [2.45, 2.75) is 58.2 Å². The van der Waals surface area contributed by atoms with Crippen LogP contribution in [0.25, 0.3) is 0 Å². The number of hydrogen-bond acceptors (Lipinski definition) is 4. The van der Waals surface area contributed by atoms with E-state index in [1.807, 2.05) is 66.7 Å². The average molecular weight is 536 g/mol. The molecule has 3 aromatic rings. The van der Waals surface area contributed by atoms with Gasteiger partial charge < -0.3 is 15.4 Å². The maximum Gasteiger partial charge on any atom is 0.259 e. The van der Waals surface area contributed by atoms with E-state index in [0.717, 1.165) is 43.5 Å². The summed E-state index contributed by atoms with van der Waals surface area (Å²) in [4.78, 5) is 29.0. The van der Waals surface area contributed by atoms with Gasteiger partial charge >= 0.3 is 0 Å². The number of ether oxygens (including phenoxy) is 1. The largest absolute Gasteiger partial charge is 0.493 e. The number of carbonyl (C=O) groups excluding carboxylic acids is 2. The van der Waals surface area contributed by atoms with Gasteiger partial charge in [-0.25, -0.2) is 0 Å². The van der Waals surface area contributed by atoms with Crippen molar-refractivity contribution in [2.75, 3.05) is 18.1 Å². The van der Waals surface area contributed by atoms with E-state index in [1.165, 1.54) is 0 Å². The third kappa shape index (κ3) is 7.59. The molecule has 0 bridgehead atoms. The molecule has 202 valence electrons. The molecule has 0 spiro atoms. The van der Waals surface area contributed by atoms with Crippen LogP contribution in [0.4, 0.5) is 5.69 Å². The second kappa shape index (κ2) is 14.6. The van der Waals surface area contributed by atoms with Crippen LogP contribution in [0.2, 0.25) is 0 Å². The molecule has 4 rings (SSSR count). The molecule has 0 fully saturated rings. The summed E-state index contributed by atoms with van der Waals surface area (Å²) in [6.07, 6.45) is 3.80. The number of unbranched alkanes of at least 4 members (excludes halogenated alkanes) is 1. The molecule has 0 aliphatic carbocycles. The van der Waals surface area contributed by atoms with Crippen molar-refractivity contribution in [3.63, 3.8) is 0 Å². The Hall–Kier alpha value is -3.35. The number of rotatable bonds is 10. The number of aryl methyl sites for hydroxylation is 1. The van der Waals surface area contributed by atoms with Gasteiger partial charge in [0.15, 0.2) is 0 Å². The van der Waals surface area contributed by atoms with Crippen LogP contribution in [-0.2, 0) is 6.42 Å². The first kappa shape index (κ1) is 29.2. The summed E-state index contributed by atoms with van der Waals surface area (Å²) in [5.74, 6) is 0.193. The molecule has 2 N–H and O–H groups in total. The van der Waals surface area contributed by atoms with Gasteiger partial charge in [-0.3, -0.25) is 14.5 Å².